The first kappa shape index (κ1) is 76.3. The SMILES string of the molecule is Fc1cc2c(cc1F)C1=Nc3c4cc(F)c(F)cc4c4[n]3[Al]([O][Si](O[Si]([O][Al]3[n]5c6c7cc(F)c(F)cc7c5N=C5N=C(N=c7c8cc(F)c(F)cc8c([n]73)=NC3=NC(=N6)c6cc(F)c(F)cc63)c3cc(F)c(F)cc35)(c3ccccc3)c3ccccc3)(c3ccccc3)c3ccccc3)[n]3c(c5cc(F)c(F)cc5c3=NC3=NC(=N4)c4cc(F)c(F)cc43)=NC2=N1. The summed E-state index contributed by atoms with van der Waals surface area (Å²) in [6, 6.07) is 44.1. The van der Waals surface area contributed by atoms with Crippen LogP contribution in [0.3, 0.4) is 0 Å². The first-order valence-corrected chi connectivity index (χ1v) is 45.0. The number of amidine groups is 8. The average Bonchev–Trinajstić information content (AvgIpc) is 1.57. The highest BCUT2D eigenvalue weighted by molar-refractivity contribution is 7.07. The molecule has 0 saturated heterocycles. The van der Waals surface area contributed by atoms with E-state index < -0.39 is 232 Å². The van der Waals surface area contributed by atoms with Crippen LogP contribution in [0.15, 0.2) is 278 Å². The second-order valence-electron chi connectivity index (χ2n) is 30.2. The van der Waals surface area contributed by atoms with Gasteiger partial charge in [-0.2, -0.15) is 0 Å². The summed E-state index contributed by atoms with van der Waals surface area (Å²) in [5, 5.41) is -2.43. The molecule has 127 heavy (non-hydrogen) atoms. The summed E-state index contributed by atoms with van der Waals surface area (Å²) in [4.78, 5) is 60.0. The van der Waals surface area contributed by atoms with Crippen molar-refractivity contribution < 1.29 is 81.3 Å². The van der Waals surface area contributed by atoms with Crippen LogP contribution in [0.4, 0.5) is 93.5 Å². The van der Waals surface area contributed by atoms with Crippen molar-refractivity contribution in [1.82, 2.24) is 14.2 Å². The molecule has 19 nitrogen and oxygen atoms in total. The van der Waals surface area contributed by atoms with Gasteiger partial charge < -0.3 is 25.3 Å². The molecule has 0 unspecified atom stereocenters. The quantitative estimate of drug-likeness (QED) is 0.0972. The van der Waals surface area contributed by atoms with E-state index in [0.717, 1.165) is 97.1 Å². The molecule has 0 spiro atoms. The third-order valence-corrected chi connectivity index (χ3v) is 37.8. The zero-order valence-electron chi connectivity index (χ0n) is 63.4. The summed E-state index contributed by atoms with van der Waals surface area (Å²) >= 11 is -10.3. The fourth-order valence-corrected chi connectivity index (χ4v) is 35.2. The second-order valence-corrected chi connectivity index (χ2v) is 41.0. The molecule has 612 valence electrons. The van der Waals surface area contributed by atoms with E-state index in [1.807, 2.05) is 0 Å². The van der Waals surface area contributed by atoms with Crippen LogP contribution < -0.4 is 42.7 Å². The lowest BCUT2D eigenvalue weighted by atomic mass is 10.1. The molecule has 0 N–H and O–H groups in total. The Hall–Kier alpha value is -14.4. The van der Waals surface area contributed by atoms with Crippen molar-refractivity contribution in [1.29, 1.82) is 0 Å². The molecule has 0 aliphatic carbocycles. The van der Waals surface area contributed by atoms with Crippen LogP contribution in [0.25, 0.3) is 43.1 Å². The molecule has 24 rings (SSSR count). The van der Waals surface area contributed by atoms with Crippen LogP contribution in [0.5, 0.6) is 0 Å². The summed E-state index contributed by atoms with van der Waals surface area (Å²) in [5.74, 6) is -29.4. The van der Waals surface area contributed by atoms with Gasteiger partial charge in [0.1, 0.15) is 45.2 Å². The second kappa shape index (κ2) is 27.6. The van der Waals surface area contributed by atoms with E-state index in [1.165, 1.54) is 14.2 Å². The Labute approximate surface area is 709 Å². The predicted octanol–water partition coefficient (Wildman–Crippen LogP) is 13.6. The highest BCUT2D eigenvalue weighted by Gasteiger charge is 2.62. The minimum Gasteiger partial charge on any atom is -0.482 e. The Morgan fingerprint density at radius 3 is 0.567 bits per heavy atom. The van der Waals surface area contributed by atoms with E-state index in [-0.39, 0.29) is 108 Å². The van der Waals surface area contributed by atoms with Crippen molar-refractivity contribution in [3.8, 4) is 0 Å². The highest BCUT2D eigenvalue weighted by Crippen LogP contribution is 2.47. The lowest BCUT2D eigenvalue weighted by molar-refractivity contribution is 0.349. The molecule has 39 heteroatoms. The molecule has 12 aromatic carbocycles. The summed E-state index contributed by atoms with van der Waals surface area (Å²) in [6.07, 6.45) is 0. The number of hydrogen-bond acceptors (Lipinski definition) is 15. The maximum absolute atomic E-state index is 17.1. The number of benzene rings is 12. The number of aromatic nitrogens is 4. The number of aliphatic imine (C=N–C) groups is 8. The Balaban J connectivity index is 0.883. The van der Waals surface area contributed by atoms with Crippen LogP contribution in [0.1, 0.15) is 44.5 Å². The van der Waals surface area contributed by atoms with Gasteiger partial charge in [-0.3, -0.25) is 0 Å². The molecular formula is C88H36Al2F16N16O3Si2. The first-order valence-electron chi connectivity index (χ1n) is 38.4. The fourth-order valence-electron chi connectivity index (χ4n) is 17.4. The number of halogens is 16. The van der Waals surface area contributed by atoms with Gasteiger partial charge in [0.25, 0.3) is 0 Å². The maximum Gasteiger partial charge on any atom is 0.800 e. The van der Waals surface area contributed by atoms with Crippen molar-refractivity contribution in [3.05, 3.63) is 378 Å². The molecule has 0 radical (unpaired) electrons. The Morgan fingerprint density at radius 1 is 0.197 bits per heavy atom. The Morgan fingerprint density at radius 2 is 0.370 bits per heavy atom. The lowest BCUT2D eigenvalue weighted by Crippen LogP contribution is -2.78. The predicted molar refractivity (Wildman–Crippen MR) is 441 cm³/mol. The molecule has 0 saturated carbocycles. The van der Waals surface area contributed by atoms with Crippen molar-refractivity contribution in [3.63, 3.8) is 0 Å². The minimum absolute atomic E-state index is 0.0950. The van der Waals surface area contributed by atoms with Gasteiger partial charge in [0.05, 0.1) is 0 Å². The van der Waals surface area contributed by atoms with E-state index in [1.54, 1.807) is 121 Å². The van der Waals surface area contributed by atoms with Crippen LogP contribution >= 0.6 is 0 Å². The Bertz CT molecular complexity index is 7500. The zero-order chi connectivity index (χ0) is 86.5. The van der Waals surface area contributed by atoms with Crippen molar-refractivity contribution in [2.24, 2.45) is 59.9 Å². The van der Waals surface area contributed by atoms with Gasteiger partial charge in [-0.25, -0.2) is 130 Å². The molecule has 12 bridgehead atoms. The molecule has 8 aliphatic rings. The van der Waals surface area contributed by atoms with Crippen LogP contribution in [-0.4, -0.2) is 108 Å². The van der Waals surface area contributed by atoms with Crippen LogP contribution in [0.2, 0.25) is 0 Å². The minimum atomic E-state index is -5.77. The van der Waals surface area contributed by atoms with Gasteiger partial charge in [-0.05, 0) is 118 Å². The molecule has 8 aliphatic heterocycles. The third kappa shape index (κ3) is 11.2. The monoisotopic (exact) mass is 1780 g/mol. The largest absolute Gasteiger partial charge is 0.800 e. The first-order chi connectivity index (χ1) is 61.4. The topological polar surface area (TPSA) is 196 Å². The van der Waals surface area contributed by atoms with E-state index in [2.05, 4.69) is 0 Å². The van der Waals surface area contributed by atoms with Gasteiger partial charge in [-0.15, -0.1) is 0 Å². The van der Waals surface area contributed by atoms with E-state index in [4.69, 9.17) is 71.0 Å². The van der Waals surface area contributed by atoms with Gasteiger partial charge in [0.2, 0.25) is 0 Å². The standard InChI is InChI=1S/2C32H8F8N8.C24H20O3Si2.2Al/c2*33-17-1-9-10(2-18(17)34)26-41-25(9)45-27-11-3-19(35)20(36)4-12(11)29(42-27)47-31-15-7-23(39)24(40)8-16(15)32(44-31)48-30-14-6-22(38)21(37)5-13(14)28(43-30)46-26;25-28(21-13-5-1-6-14-21,22-15-7-2-8-16-22)27-29(26,23-17-9-3-10-18-23)24-19-11-4-12-20-24;;/h2*1-8H;1-20H;;/q3*-2;2*+3. The summed E-state index contributed by atoms with van der Waals surface area (Å²) in [6.45, 7) is 0. The molecule has 12 heterocycles. The zero-order valence-corrected chi connectivity index (χ0v) is 67.7. The fraction of sp³-hybridized carbons (Fsp3) is 0. The summed E-state index contributed by atoms with van der Waals surface area (Å²) in [7, 11) is -11.5. The smallest absolute Gasteiger partial charge is 0.482 e. The van der Waals surface area contributed by atoms with Gasteiger partial charge in [-0.1, -0.05) is 121 Å². The molecule has 16 aromatic rings. The number of nitrogens with zero attached hydrogens (tertiary/aromatic N) is 16. The van der Waals surface area contributed by atoms with Gasteiger partial charge in [0, 0.05) is 87.6 Å². The van der Waals surface area contributed by atoms with Gasteiger partial charge >= 0.3 is 47.0 Å². The molecule has 0 atom stereocenters. The molecule has 4 aromatic heterocycles. The van der Waals surface area contributed by atoms with Crippen molar-refractivity contribution >= 4 is 181 Å². The average molecular weight is 1780 g/mol. The van der Waals surface area contributed by atoms with Crippen LogP contribution in [0, 0.1) is 93.1 Å². The number of hydrogen-bond donors (Lipinski definition) is 0. The van der Waals surface area contributed by atoms with Crippen molar-refractivity contribution in [2.45, 2.75) is 0 Å². The lowest BCUT2D eigenvalue weighted by Gasteiger charge is -2.44. The normalized spacial score (nSPS) is 14.8. The summed E-state index contributed by atoms with van der Waals surface area (Å²) < 4.78 is 298. The number of fused-ring (bicyclic) bond motifs is 28. The third-order valence-electron chi connectivity index (χ3n) is 23.0. The van der Waals surface area contributed by atoms with E-state index in [0.29, 0.717) is 0 Å². The Kier molecular flexibility index (Phi) is 16.6. The molecule has 0 fully saturated rings. The molecular weight excluding hydrogens is 1740 g/mol. The van der Waals surface area contributed by atoms with Crippen molar-refractivity contribution in [2.75, 3.05) is 0 Å². The summed E-state index contributed by atoms with van der Waals surface area (Å²) in [5.41, 5.74) is -4.08. The maximum atomic E-state index is 17.1. The van der Waals surface area contributed by atoms with E-state index in [9.17, 15) is 0 Å². The van der Waals surface area contributed by atoms with Gasteiger partial charge in [0.15, 0.2) is 140 Å². The van der Waals surface area contributed by atoms with Crippen LogP contribution in [-0.2, 0) is 11.1 Å². The number of rotatable bonds is 10. The van der Waals surface area contributed by atoms with E-state index >= 15 is 70.2 Å². The molecule has 0 amide bonds. The highest BCUT2D eigenvalue weighted by atomic mass is 28.5.